The van der Waals surface area contributed by atoms with Crippen LogP contribution in [0.2, 0.25) is 0 Å². The van der Waals surface area contributed by atoms with Gasteiger partial charge in [0.1, 0.15) is 0 Å². The third-order valence-corrected chi connectivity index (χ3v) is 6.30. The highest BCUT2D eigenvalue weighted by molar-refractivity contribution is 5.86. The molecule has 1 N–H and O–H groups in total. The van der Waals surface area contributed by atoms with Crippen LogP contribution in [0, 0.1) is 0 Å². The molecular formula is C25H25N7. The van der Waals surface area contributed by atoms with E-state index in [1.807, 2.05) is 23.0 Å². The summed E-state index contributed by atoms with van der Waals surface area (Å²) in [5.74, 6) is 0.747. The van der Waals surface area contributed by atoms with E-state index in [0.717, 1.165) is 61.1 Å². The summed E-state index contributed by atoms with van der Waals surface area (Å²) in [5, 5.41) is 3.49. The molecule has 1 saturated heterocycles. The summed E-state index contributed by atoms with van der Waals surface area (Å²) in [6.07, 6.45) is 7.73. The minimum Gasteiger partial charge on any atom is -0.369 e. The molecule has 0 spiro atoms. The van der Waals surface area contributed by atoms with Crippen LogP contribution in [0.25, 0.3) is 16.9 Å². The van der Waals surface area contributed by atoms with Gasteiger partial charge in [-0.2, -0.15) is 0 Å². The zero-order valence-corrected chi connectivity index (χ0v) is 18.1. The Balaban J connectivity index is 1.29. The maximum atomic E-state index is 4.93. The van der Waals surface area contributed by atoms with Crippen LogP contribution in [0.1, 0.15) is 11.1 Å². The van der Waals surface area contributed by atoms with Crippen molar-refractivity contribution in [2.45, 2.75) is 6.54 Å². The molecule has 0 radical (unpaired) electrons. The summed E-state index contributed by atoms with van der Waals surface area (Å²) in [7, 11) is 2.18. The molecule has 2 aliphatic rings. The van der Waals surface area contributed by atoms with Gasteiger partial charge >= 0.3 is 0 Å². The van der Waals surface area contributed by atoms with Gasteiger partial charge in [-0.1, -0.05) is 12.1 Å². The lowest BCUT2D eigenvalue weighted by molar-refractivity contribution is 0.313. The highest BCUT2D eigenvalue weighted by Gasteiger charge is 2.15. The Morgan fingerprint density at radius 2 is 1.81 bits per heavy atom. The van der Waals surface area contributed by atoms with E-state index in [-0.39, 0.29) is 0 Å². The summed E-state index contributed by atoms with van der Waals surface area (Å²) in [4.78, 5) is 18.6. The van der Waals surface area contributed by atoms with Crippen LogP contribution < -0.4 is 10.2 Å². The molecule has 1 fully saturated rings. The number of fused-ring (bicyclic) bond motifs is 2. The third-order valence-electron chi connectivity index (χ3n) is 6.30. The molecule has 7 nitrogen and oxygen atoms in total. The Bertz CT molecular complexity index is 1300. The smallest absolute Gasteiger partial charge is 0.180 e. The average Bonchev–Trinajstić information content (AvgIpc) is 3.49. The summed E-state index contributed by atoms with van der Waals surface area (Å²) in [6, 6.07) is 15.0. The van der Waals surface area contributed by atoms with Crippen molar-refractivity contribution in [3.8, 4) is 11.3 Å². The molecular weight excluding hydrogens is 398 g/mol. The molecule has 0 unspecified atom stereocenters. The lowest BCUT2D eigenvalue weighted by atomic mass is 10.0. The number of nitrogens with zero attached hydrogens (tertiary/aromatic N) is 6. The topological polar surface area (TPSA) is 61.1 Å². The van der Waals surface area contributed by atoms with E-state index in [1.165, 1.54) is 16.8 Å². The fourth-order valence-corrected chi connectivity index (χ4v) is 4.38. The predicted molar refractivity (Wildman–Crippen MR) is 129 cm³/mol. The molecule has 4 heterocycles. The van der Waals surface area contributed by atoms with Crippen molar-refractivity contribution >= 4 is 29.1 Å². The summed E-state index contributed by atoms with van der Waals surface area (Å²) >= 11 is 0. The van der Waals surface area contributed by atoms with E-state index in [1.54, 1.807) is 6.20 Å². The maximum Gasteiger partial charge on any atom is 0.180 e. The van der Waals surface area contributed by atoms with Crippen molar-refractivity contribution in [1.29, 1.82) is 0 Å². The van der Waals surface area contributed by atoms with Gasteiger partial charge < -0.3 is 19.5 Å². The van der Waals surface area contributed by atoms with Crippen molar-refractivity contribution in [3.05, 3.63) is 72.2 Å². The Kier molecular flexibility index (Phi) is 4.61. The molecule has 32 heavy (non-hydrogen) atoms. The van der Waals surface area contributed by atoms with Gasteiger partial charge in [0.2, 0.25) is 0 Å². The Morgan fingerprint density at radius 1 is 0.969 bits per heavy atom. The van der Waals surface area contributed by atoms with E-state index in [2.05, 4.69) is 74.6 Å². The standard InChI is InChI=1S/C25H25N7/c1-30-10-12-31(13-11-30)22-6-4-21(5-7-22)28-24-25-27-8-9-32(25)17-23(29-24)18-2-3-19-15-26-16-20(19)14-18/h2-9,14-15,17H,10-13,16H2,1H3,(H,28,29). The van der Waals surface area contributed by atoms with E-state index < -0.39 is 0 Å². The second-order valence-electron chi connectivity index (χ2n) is 8.48. The van der Waals surface area contributed by atoms with Gasteiger partial charge in [0.25, 0.3) is 0 Å². The first-order valence-electron chi connectivity index (χ1n) is 11.0. The molecule has 4 aromatic rings. The minimum absolute atomic E-state index is 0.737. The molecule has 0 amide bonds. The Labute approximate surface area is 187 Å². The first-order chi connectivity index (χ1) is 15.7. The first kappa shape index (κ1) is 19.0. The first-order valence-corrected chi connectivity index (χ1v) is 11.0. The molecule has 0 saturated carbocycles. The van der Waals surface area contributed by atoms with E-state index >= 15 is 0 Å². The quantitative estimate of drug-likeness (QED) is 0.541. The van der Waals surface area contributed by atoms with Gasteiger partial charge in [-0.15, -0.1) is 0 Å². The zero-order valence-electron chi connectivity index (χ0n) is 18.1. The van der Waals surface area contributed by atoms with Gasteiger partial charge in [0.05, 0.1) is 12.2 Å². The predicted octanol–water partition coefficient (Wildman–Crippen LogP) is 3.82. The minimum atomic E-state index is 0.737. The number of piperazine rings is 1. The lowest BCUT2D eigenvalue weighted by Gasteiger charge is -2.34. The number of aromatic nitrogens is 3. The van der Waals surface area contributed by atoms with Crippen molar-refractivity contribution in [2.75, 3.05) is 43.4 Å². The molecule has 0 aliphatic carbocycles. The van der Waals surface area contributed by atoms with E-state index in [9.17, 15) is 0 Å². The zero-order chi connectivity index (χ0) is 21.5. The van der Waals surface area contributed by atoms with Crippen molar-refractivity contribution in [3.63, 3.8) is 0 Å². The number of benzene rings is 2. The number of hydrogen-bond donors (Lipinski definition) is 1. The van der Waals surface area contributed by atoms with Gasteiger partial charge in [-0.05, 0) is 48.5 Å². The third kappa shape index (κ3) is 3.50. The van der Waals surface area contributed by atoms with Gasteiger partial charge in [0, 0.05) is 67.9 Å². The molecule has 6 rings (SSSR count). The van der Waals surface area contributed by atoms with Crippen molar-refractivity contribution < 1.29 is 0 Å². The van der Waals surface area contributed by atoms with Crippen LogP contribution >= 0.6 is 0 Å². The monoisotopic (exact) mass is 423 g/mol. The summed E-state index contributed by atoms with van der Waals surface area (Å²) in [5.41, 5.74) is 7.48. The average molecular weight is 424 g/mol. The SMILES string of the molecule is CN1CCN(c2ccc(Nc3nc(-c4ccc5c(c4)CN=C5)cn4ccnc34)cc2)CC1. The number of aliphatic imine (C=N–C) groups is 1. The Morgan fingerprint density at radius 3 is 2.66 bits per heavy atom. The number of likely N-dealkylation sites (N-methyl/N-ethyl adjacent to an activating group) is 1. The number of hydrogen-bond acceptors (Lipinski definition) is 6. The Hall–Kier alpha value is -3.71. The van der Waals surface area contributed by atoms with Crippen molar-refractivity contribution in [2.24, 2.45) is 4.99 Å². The van der Waals surface area contributed by atoms with Crippen LogP contribution in [0.5, 0.6) is 0 Å². The summed E-state index contributed by atoms with van der Waals surface area (Å²) in [6.45, 7) is 5.06. The van der Waals surface area contributed by atoms with E-state index in [4.69, 9.17) is 4.98 Å². The molecule has 0 bridgehead atoms. The molecule has 0 atom stereocenters. The molecule has 7 heteroatoms. The van der Waals surface area contributed by atoms with Gasteiger partial charge in [-0.3, -0.25) is 4.99 Å². The fraction of sp³-hybridized carbons (Fsp3) is 0.240. The largest absolute Gasteiger partial charge is 0.369 e. The second-order valence-corrected chi connectivity index (χ2v) is 8.48. The van der Waals surface area contributed by atoms with Gasteiger partial charge in [-0.25, -0.2) is 9.97 Å². The van der Waals surface area contributed by atoms with Crippen LogP contribution in [-0.4, -0.2) is 58.7 Å². The fourth-order valence-electron chi connectivity index (χ4n) is 4.38. The highest BCUT2D eigenvalue weighted by Crippen LogP contribution is 2.28. The van der Waals surface area contributed by atoms with Crippen LogP contribution in [0.3, 0.4) is 0 Å². The molecule has 2 aromatic heterocycles. The molecule has 2 aromatic carbocycles. The number of nitrogens with one attached hydrogen (secondary N) is 1. The second kappa shape index (κ2) is 7.76. The normalized spacial score (nSPS) is 16.0. The molecule has 2 aliphatic heterocycles. The van der Waals surface area contributed by atoms with Gasteiger partial charge in [0.15, 0.2) is 11.5 Å². The number of imidazole rings is 1. The van der Waals surface area contributed by atoms with Crippen molar-refractivity contribution in [1.82, 2.24) is 19.3 Å². The highest BCUT2D eigenvalue weighted by atomic mass is 15.2. The number of rotatable bonds is 4. The molecule has 160 valence electrons. The van der Waals surface area contributed by atoms with Crippen LogP contribution in [-0.2, 0) is 6.54 Å². The van der Waals surface area contributed by atoms with Crippen LogP contribution in [0.4, 0.5) is 17.2 Å². The number of anilines is 3. The summed E-state index contributed by atoms with van der Waals surface area (Å²) < 4.78 is 2.02. The lowest BCUT2D eigenvalue weighted by Crippen LogP contribution is -2.44. The van der Waals surface area contributed by atoms with E-state index in [0.29, 0.717) is 0 Å². The van der Waals surface area contributed by atoms with Crippen LogP contribution in [0.15, 0.2) is 66.0 Å². The maximum absolute atomic E-state index is 4.93.